The molecular weight excluding hydrogens is 208 g/mol. The molecule has 1 saturated heterocycles. The maximum absolute atomic E-state index is 9.70. The first-order valence-corrected chi connectivity index (χ1v) is 5.36. The van der Waals surface area contributed by atoms with Gasteiger partial charge in [0.15, 0.2) is 0 Å². The van der Waals surface area contributed by atoms with Crippen molar-refractivity contribution in [2.45, 2.75) is 18.6 Å². The second kappa shape index (κ2) is 5.18. The zero-order valence-corrected chi connectivity index (χ0v) is 9.26. The molecule has 88 valence electrons. The molecule has 1 aliphatic heterocycles. The predicted octanol–water partition coefficient (Wildman–Crippen LogP) is 1.22. The summed E-state index contributed by atoms with van der Waals surface area (Å²) in [6.45, 7) is 1.04. The van der Waals surface area contributed by atoms with Crippen LogP contribution in [0, 0.1) is 0 Å². The fraction of sp³-hybridized carbons (Fsp3) is 0.500. The van der Waals surface area contributed by atoms with E-state index in [2.05, 4.69) is 0 Å². The molecule has 0 aliphatic carbocycles. The molecule has 2 unspecified atom stereocenters. The van der Waals surface area contributed by atoms with Crippen LogP contribution in [-0.4, -0.2) is 37.6 Å². The summed E-state index contributed by atoms with van der Waals surface area (Å²) in [5, 5.41) is 9.70. The first kappa shape index (κ1) is 11.2. The van der Waals surface area contributed by atoms with Gasteiger partial charge in [0, 0.05) is 13.0 Å². The van der Waals surface area contributed by atoms with E-state index in [0.29, 0.717) is 19.6 Å². The van der Waals surface area contributed by atoms with Gasteiger partial charge in [0.25, 0.3) is 0 Å². The minimum absolute atomic E-state index is 0.276. The Kier molecular flexibility index (Phi) is 3.64. The monoisotopic (exact) mass is 224 g/mol. The number of hydrogen-bond donors (Lipinski definition) is 1. The average Bonchev–Trinajstić information content (AvgIpc) is 2.33. The third-order valence-electron chi connectivity index (χ3n) is 2.62. The van der Waals surface area contributed by atoms with Gasteiger partial charge in [0.2, 0.25) is 0 Å². The van der Waals surface area contributed by atoms with Crippen LogP contribution in [0.5, 0.6) is 11.5 Å². The van der Waals surface area contributed by atoms with E-state index < -0.39 is 6.10 Å². The highest BCUT2D eigenvalue weighted by molar-refractivity contribution is 5.31. The van der Waals surface area contributed by atoms with E-state index in [0.717, 1.165) is 11.5 Å². The molecule has 2 atom stereocenters. The molecule has 4 heteroatoms. The molecule has 0 bridgehead atoms. The fourth-order valence-electron chi connectivity index (χ4n) is 1.64. The van der Waals surface area contributed by atoms with E-state index in [1.807, 2.05) is 24.3 Å². The SMILES string of the molecule is COc1ccc(OC2COCCC2O)cc1. The summed E-state index contributed by atoms with van der Waals surface area (Å²) < 4.78 is 15.9. The van der Waals surface area contributed by atoms with Crippen molar-refractivity contribution in [2.75, 3.05) is 20.3 Å². The molecule has 1 fully saturated rings. The molecule has 0 amide bonds. The molecule has 0 aromatic heterocycles. The lowest BCUT2D eigenvalue weighted by atomic mass is 10.1. The van der Waals surface area contributed by atoms with E-state index in [1.54, 1.807) is 7.11 Å². The standard InChI is InChI=1S/C12H16O4/c1-14-9-2-4-10(5-3-9)16-12-8-15-7-6-11(12)13/h2-5,11-13H,6-8H2,1H3. The van der Waals surface area contributed by atoms with Crippen LogP contribution in [-0.2, 0) is 4.74 Å². The van der Waals surface area contributed by atoms with Crippen molar-refractivity contribution in [3.63, 3.8) is 0 Å². The molecule has 0 saturated carbocycles. The minimum atomic E-state index is -0.448. The number of benzene rings is 1. The Hall–Kier alpha value is -1.26. The van der Waals surface area contributed by atoms with Crippen LogP contribution < -0.4 is 9.47 Å². The summed E-state index contributed by atoms with van der Waals surface area (Å²) in [4.78, 5) is 0. The summed E-state index contributed by atoms with van der Waals surface area (Å²) in [7, 11) is 1.62. The smallest absolute Gasteiger partial charge is 0.148 e. The third kappa shape index (κ3) is 2.65. The van der Waals surface area contributed by atoms with Crippen LogP contribution in [0.25, 0.3) is 0 Å². The number of aliphatic hydroxyl groups excluding tert-OH is 1. The molecule has 1 aromatic carbocycles. The van der Waals surface area contributed by atoms with E-state index in [9.17, 15) is 5.11 Å². The molecular formula is C12H16O4. The highest BCUT2D eigenvalue weighted by Crippen LogP contribution is 2.20. The van der Waals surface area contributed by atoms with Gasteiger partial charge in [-0.05, 0) is 24.3 Å². The fourth-order valence-corrected chi connectivity index (χ4v) is 1.64. The van der Waals surface area contributed by atoms with E-state index in [4.69, 9.17) is 14.2 Å². The lowest BCUT2D eigenvalue weighted by Gasteiger charge is -2.28. The lowest BCUT2D eigenvalue weighted by molar-refractivity contribution is -0.0735. The summed E-state index contributed by atoms with van der Waals surface area (Å²) in [5.74, 6) is 1.50. The quantitative estimate of drug-likeness (QED) is 0.838. The van der Waals surface area contributed by atoms with Crippen molar-refractivity contribution in [3.05, 3.63) is 24.3 Å². The molecule has 1 aliphatic rings. The maximum atomic E-state index is 9.70. The normalized spacial score (nSPS) is 25.1. The Balaban J connectivity index is 1.96. The second-order valence-electron chi connectivity index (χ2n) is 3.76. The molecule has 16 heavy (non-hydrogen) atoms. The van der Waals surface area contributed by atoms with Crippen molar-refractivity contribution in [1.29, 1.82) is 0 Å². The van der Waals surface area contributed by atoms with Gasteiger partial charge in [-0.2, -0.15) is 0 Å². The lowest BCUT2D eigenvalue weighted by Crippen LogP contribution is -2.40. The third-order valence-corrected chi connectivity index (χ3v) is 2.62. The summed E-state index contributed by atoms with van der Waals surface area (Å²) >= 11 is 0. The molecule has 0 spiro atoms. The van der Waals surface area contributed by atoms with Crippen molar-refractivity contribution in [1.82, 2.24) is 0 Å². The number of methoxy groups -OCH3 is 1. The summed E-state index contributed by atoms with van der Waals surface area (Å²) in [6, 6.07) is 7.29. The highest BCUT2D eigenvalue weighted by atomic mass is 16.5. The zero-order chi connectivity index (χ0) is 11.4. The van der Waals surface area contributed by atoms with Gasteiger partial charge in [-0.3, -0.25) is 0 Å². The Morgan fingerprint density at radius 2 is 1.94 bits per heavy atom. The first-order valence-electron chi connectivity index (χ1n) is 5.36. The van der Waals surface area contributed by atoms with E-state index in [-0.39, 0.29) is 6.10 Å². The van der Waals surface area contributed by atoms with Gasteiger partial charge in [0.1, 0.15) is 17.6 Å². The van der Waals surface area contributed by atoms with Crippen LogP contribution >= 0.6 is 0 Å². The second-order valence-corrected chi connectivity index (χ2v) is 3.76. The largest absolute Gasteiger partial charge is 0.497 e. The predicted molar refractivity (Wildman–Crippen MR) is 58.9 cm³/mol. The molecule has 1 aromatic rings. The van der Waals surface area contributed by atoms with Crippen LogP contribution in [0.1, 0.15) is 6.42 Å². The molecule has 1 heterocycles. The molecule has 0 radical (unpaired) electrons. The molecule has 2 rings (SSSR count). The van der Waals surface area contributed by atoms with Gasteiger partial charge >= 0.3 is 0 Å². The Morgan fingerprint density at radius 3 is 2.56 bits per heavy atom. The maximum Gasteiger partial charge on any atom is 0.148 e. The van der Waals surface area contributed by atoms with Crippen molar-refractivity contribution in [2.24, 2.45) is 0 Å². The Morgan fingerprint density at radius 1 is 1.25 bits per heavy atom. The van der Waals surface area contributed by atoms with Gasteiger partial charge in [-0.25, -0.2) is 0 Å². The van der Waals surface area contributed by atoms with Crippen LogP contribution in [0.4, 0.5) is 0 Å². The molecule has 1 N–H and O–H groups in total. The van der Waals surface area contributed by atoms with E-state index in [1.165, 1.54) is 0 Å². The topological polar surface area (TPSA) is 47.9 Å². The number of hydrogen-bond acceptors (Lipinski definition) is 4. The van der Waals surface area contributed by atoms with Gasteiger partial charge in [-0.15, -0.1) is 0 Å². The number of ether oxygens (including phenoxy) is 3. The van der Waals surface area contributed by atoms with Gasteiger partial charge < -0.3 is 19.3 Å². The number of rotatable bonds is 3. The summed E-state index contributed by atoms with van der Waals surface area (Å²) in [6.07, 6.45) is -0.0983. The Labute approximate surface area is 94.8 Å². The van der Waals surface area contributed by atoms with Crippen molar-refractivity contribution >= 4 is 0 Å². The van der Waals surface area contributed by atoms with E-state index >= 15 is 0 Å². The zero-order valence-electron chi connectivity index (χ0n) is 9.26. The first-order chi connectivity index (χ1) is 7.79. The average molecular weight is 224 g/mol. The molecule has 4 nitrogen and oxygen atoms in total. The van der Waals surface area contributed by atoms with Crippen LogP contribution in [0.15, 0.2) is 24.3 Å². The van der Waals surface area contributed by atoms with Crippen LogP contribution in [0.3, 0.4) is 0 Å². The van der Waals surface area contributed by atoms with Gasteiger partial charge in [0.05, 0.1) is 19.8 Å². The highest BCUT2D eigenvalue weighted by Gasteiger charge is 2.25. The van der Waals surface area contributed by atoms with Crippen molar-refractivity contribution < 1.29 is 19.3 Å². The minimum Gasteiger partial charge on any atom is -0.497 e. The number of aliphatic hydroxyl groups is 1. The van der Waals surface area contributed by atoms with Gasteiger partial charge in [-0.1, -0.05) is 0 Å². The van der Waals surface area contributed by atoms with Crippen LogP contribution in [0.2, 0.25) is 0 Å². The summed E-state index contributed by atoms with van der Waals surface area (Å²) in [5.41, 5.74) is 0. The Bertz CT molecular complexity index is 322. The van der Waals surface area contributed by atoms with Crippen molar-refractivity contribution in [3.8, 4) is 11.5 Å².